The second-order valence-corrected chi connectivity index (χ2v) is 7.59. The summed E-state index contributed by atoms with van der Waals surface area (Å²) in [5.74, 6) is 0.702. The molecule has 1 heterocycles. The van der Waals surface area contributed by atoms with Crippen LogP contribution in [0.3, 0.4) is 0 Å². The van der Waals surface area contributed by atoms with Gasteiger partial charge in [0.1, 0.15) is 5.82 Å². The number of Topliss-reactive ketones (excluding diaryl/α,β-unsaturated/α-hetero) is 1. The van der Waals surface area contributed by atoms with Gasteiger partial charge in [-0.2, -0.15) is 0 Å². The molecule has 6 heteroatoms. The van der Waals surface area contributed by atoms with E-state index in [1.54, 1.807) is 13.0 Å². The molecule has 0 bridgehead atoms. The van der Waals surface area contributed by atoms with E-state index in [2.05, 4.69) is 16.9 Å². The van der Waals surface area contributed by atoms with Crippen molar-refractivity contribution in [2.75, 3.05) is 0 Å². The van der Waals surface area contributed by atoms with Crippen LogP contribution in [0.1, 0.15) is 49.5 Å². The first-order valence-corrected chi connectivity index (χ1v) is 9.43. The van der Waals surface area contributed by atoms with Crippen molar-refractivity contribution in [1.82, 2.24) is 14.9 Å². The van der Waals surface area contributed by atoms with Gasteiger partial charge < -0.3 is 5.32 Å². The number of carbonyl (C=O) groups excluding carboxylic acids is 2. The van der Waals surface area contributed by atoms with Crippen molar-refractivity contribution in [1.29, 1.82) is 0 Å². The molecule has 0 aliphatic heterocycles. The van der Waals surface area contributed by atoms with E-state index in [9.17, 15) is 14.4 Å². The molecule has 6 nitrogen and oxygen atoms in total. The van der Waals surface area contributed by atoms with Gasteiger partial charge in [-0.25, -0.2) is 4.98 Å². The van der Waals surface area contributed by atoms with E-state index >= 15 is 0 Å². The van der Waals surface area contributed by atoms with Gasteiger partial charge in [0, 0.05) is 18.9 Å². The van der Waals surface area contributed by atoms with Crippen LogP contribution in [0.15, 0.2) is 35.1 Å². The third-order valence-corrected chi connectivity index (χ3v) is 5.47. The molecular formula is C21H23N3O3. The van der Waals surface area contributed by atoms with Crippen molar-refractivity contribution >= 4 is 22.6 Å². The number of ketones is 1. The fraction of sp³-hybridized carbons (Fsp3) is 0.429. The summed E-state index contributed by atoms with van der Waals surface area (Å²) >= 11 is 0. The zero-order valence-corrected chi connectivity index (χ0v) is 15.5. The molecule has 140 valence electrons. The molecule has 4 rings (SSSR count). The Labute approximate surface area is 157 Å². The van der Waals surface area contributed by atoms with Crippen LogP contribution >= 0.6 is 0 Å². The van der Waals surface area contributed by atoms with Gasteiger partial charge in [-0.1, -0.05) is 24.3 Å². The Morgan fingerprint density at radius 1 is 1.30 bits per heavy atom. The van der Waals surface area contributed by atoms with Crippen molar-refractivity contribution in [2.24, 2.45) is 5.92 Å². The molecule has 0 radical (unpaired) electrons. The molecular weight excluding hydrogens is 342 g/mol. The summed E-state index contributed by atoms with van der Waals surface area (Å²) in [6, 6.07) is 4.98. The molecule has 2 aliphatic carbocycles. The molecule has 1 unspecified atom stereocenters. The van der Waals surface area contributed by atoms with Crippen LogP contribution in [0.5, 0.6) is 0 Å². The van der Waals surface area contributed by atoms with Crippen LogP contribution in [-0.2, 0) is 16.1 Å². The van der Waals surface area contributed by atoms with Gasteiger partial charge in [-0.3, -0.25) is 19.0 Å². The molecule has 2 aromatic rings. The van der Waals surface area contributed by atoms with E-state index in [-0.39, 0.29) is 23.2 Å². The average Bonchev–Trinajstić information content (AvgIpc) is 3.46. The third-order valence-electron chi connectivity index (χ3n) is 5.47. The maximum atomic E-state index is 13.3. The smallest absolute Gasteiger partial charge is 0.262 e. The average molecular weight is 365 g/mol. The largest absolute Gasteiger partial charge is 0.352 e. The molecule has 0 saturated heterocycles. The molecule has 1 amide bonds. The van der Waals surface area contributed by atoms with Crippen LogP contribution in [0, 0.1) is 12.8 Å². The van der Waals surface area contributed by atoms with Gasteiger partial charge in [0.15, 0.2) is 5.78 Å². The Bertz CT molecular complexity index is 1020. The third kappa shape index (κ3) is 3.31. The number of benzene rings is 1. The number of hydrogen-bond donors (Lipinski definition) is 1. The standard InChI is InChI=1S/C21H23N3O3/c1-12-6-9-17(18(25)10-12)24-13(2)23-16-5-3-4-15(19(16)21(24)27)11-22-20(26)14-7-8-14/h3-5,14,17H,1,6-11H2,2H3,(H,22,26). The minimum atomic E-state index is -0.492. The van der Waals surface area contributed by atoms with Crippen molar-refractivity contribution in [3.63, 3.8) is 0 Å². The van der Waals surface area contributed by atoms with Gasteiger partial charge in [-0.05, 0) is 44.2 Å². The summed E-state index contributed by atoms with van der Waals surface area (Å²) in [4.78, 5) is 42.4. The summed E-state index contributed by atoms with van der Waals surface area (Å²) in [5.41, 5.74) is 2.04. The van der Waals surface area contributed by atoms with Crippen molar-refractivity contribution < 1.29 is 9.59 Å². The highest BCUT2D eigenvalue weighted by Crippen LogP contribution is 2.30. The zero-order chi connectivity index (χ0) is 19.1. The molecule has 2 aliphatic rings. The molecule has 1 N–H and O–H groups in total. The fourth-order valence-corrected chi connectivity index (χ4v) is 3.84. The summed E-state index contributed by atoms with van der Waals surface area (Å²) in [6.45, 7) is 5.95. The maximum absolute atomic E-state index is 13.3. The molecule has 2 fully saturated rings. The number of rotatable bonds is 4. The van der Waals surface area contributed by atoms with Gasteiger partial charge in [0.2, 0.25) is 5.91 Å². The van der Waals surface area contributed by atoms with E-state index in [1.807, 2.05) is 12.1 Å². The summed E-state index contributed by atoms with van der Waals surface area (Å²) in [6.07, 6.45) is 3.49. The van der Waals surface area contributed by atoms with Gasteiger partial charge in [0.05, 0.1) is 16.9 Å². The Balaban J connectivity index is 1.75. The Morgan fingerprint density at radius 2 is 2.07 bits per heavy atom. The minimum Gasteiger partial charge on any atom is -0.352 e. The van der Waals surface area contributed by atoms with Crippen LogP contribution in [0.4, 0.5) is 0 Å². The van der Waals surface area contributed by atoms with Crippen LogP contribution < -0.4 is 10.9 Å². The maximum Gasteiger partial charge on any atom is 0.262 e. The lowest BCUT2D eigenvalue weighted by atomic mass is 9.90. The topological polar surface area (TPSA) is 81.1 Å². The summed E-state index contributed by atoms with van der Waals surface area (Å²) in [5, 5.41) is 3.40. The first kappa shape index (κ1) is 17.6. The molecule has 27 heavy (non-hydrogen) atoms. The predicted octanol–water partition coefficient (Wildman–Crippen LogP) is 2.58. The van der Waals surface area contributed by atoms with Crippen molar-refractivity contribution in [3.05, 3.63) is 52.1 Å². The Kier molecular flexibility index (Phi) is 4.42. The SMILES string of the molecule is C=C1CCC(n2c(C)nc3cccc(CNC(=O)C4CC4)c3c2=O)C(=O)C1. The monoisotopic (exact) mass is 365 g/mol. The van der Waals surface area contributed by atoms with E-state index in [0.717, 1.165) is 30.4 Å². The predicted molar refractivity (Wildman–Crippen MR) is 102 cm³/mol. The summed E-state index contributed by atoms with van der Waals surface area (Å²) in [7, 11) is 0. The highest BCUT2D eigenvalue weighted by Gasteiger charge is 2.30. The number of hydrogen-bond acceptors (Lipinski definition) is 4. The molecule has 0 spiro atoms. The number of aryl methyl sites for hydroxylation is 1. The highest BCUT2D eigenvalue weighted by atomic mass is 16.2. The number of nitrogens with one attached hydrogen (secondary N) is 1. The van der Waals surface area contributed by atoms with E-state index < -0.39 is 6.04 Å². The van der Waals surface area contributed by atoms with E-state index in [4.69, 9.17) is 0 Å². The van der Waals surface area contributed by atoms with Crippen LogP contribution in [0.25, 0.3) is 10.9 Å². The van der Waals surface area contributed by atoms with Crippen LogP contribution in [0.2, 0.25) is 0 Å². The second-order valence-electron chi connectivity index (χ2n) is 7.59. The number of amides is 1. The molecule has 2 saturated carbocycles. The molecule has 1 aromatic heterocycles. The van der Waals surface area contributed by atoms with Crippen molar-refractivity contribution in [3.8, 4) is 0 Å². The number of fused-ring (bicyclic) bond motifs is 1. The first-order valence-electron chi connectivity index (χ1n) is 9.43. The lowest BCUT2D eigenvalue weighted by molar-refractivity contribution is -0.123. The molecule has 1 aromatic carbocycles. The van der Waals surface area contributed by atoms with Gasteiger partial charge in [-0.15, -0.1) is 0 Å². The Morgan fingerprint density at radius 3 is 2.78 bits per heavy atom. The number of allylic oxidation sites excluding steroid dienone is 1. The molecule has 1 atom stereocenters. The van der Waals surface area contributed by atoms with Gasteiger partial charge in [0.25, 0.3) is 5.56 Å². The van der Waals surface area contributed by atoms with Gasteiger partial charge >= 0.3 is 0 Å². The number of carbonyl (C=O) groups is 2. The Hall–Kier alpha value is -2.76. The number of nitrogens with zero attached hydrogens (tertiary/aromatic N) is 2. The number of aromatic nitrogens is 2. The van der Waals surface area contributed by atoms with Crippen molar-refractivity contribution in [2.45, 2.75) is 51.6 Å². The quantitative estimate of drug-likeness (QED) is 0.845. The second kappa shape index (κ2) is 6.76. The summed E-state index contributed by atoms with van der Waals surface area (Å²) < 4.78 is 1.53. The van der Waals surface area contributed by atoms with E-state index in [0.29, 0.717) is 36.1 Å². The minimum absolute atomic E-state index is 0.0112. The van der Waals surface area contributed by atoms with Crippen LogP contribution in [-0.4, -0.2) is 21.2 Å². The van der Waals surface area contributed by atoms with E-state index in [1.165, 1.54) is 4.57 Å². The lowest BCUT2D eigenvalue weighted by Gasteiger charge is -2.26. The zero-order valence-electron chi connectivity index (χ0n) is 15.5. The first-order chi connectivity index (χ1) is 13.0. The fourth-order valence-electron chi connectivity index (χ4n) is 3.84. The highest BCUT2D eigenvalue weighted by molar-refractivity contribution is 5.87. The lowest BCUT2D eigenvalue weighted by Crippen LogP contribution is -2.35. The normalized spacial score (nSPS) is 20.1.